The van der Waals surface area contributed by atoms with Gasteiger partial charge in [-0.1, -0.05) is 11.6 Å². The predicted molar refractivity (Wildman–Crippen MR) is 93.0 cm³/mol. The van der Waals surface area contributed by atoms with E-state index in [4.69, 9.17) is 27.9 Å². The monoisotopic (exact) mass is 337 g/mol. The highest BCUT2D eigenvalue weighted by Gasteiger charge is 2.10. The molecule has 0 aromatic heterocycles. The van der Waals surface area contributed by atoms with E-state index in [1.54, 1.807) is 36.4 Å². The zero-order valence-electron chi connectivity index (χ0n) is 12.4. The minimum atomic E-state index is -0.584. The number of nitrogens with two attached hydrogens (primary N) is 1. The SMILES string of the molecule is N#C/C(=C/Nc1ccc(C#N)cc1)C(=O)Nc1ccc(N)c(Cl)c1. The number of carbonyl (C=O) groups is 1. The Bertz CT molecular complexity index is 875. The van der Waals surface area contributed by atoms with Crippen molar-refractivity contribution in [3.8, 4) is 12.1 Å². The number of hydrogen-bond donors (Lipinski definition) is 3. The summed E-state index contributed by atoms with van der Waals surface area (Å²) >= 11 is 5.89. The summed E-state index contributed by atoms with van der Waals surface area (Å²) in [6.07, 6.45) is 1.29. The smallest absolute Gasteiger partial charge is 0.267 e. The predicted octanol–water partition coefficient (Wildman–Crippen LogP) is 3.25. The van der Waals surface area contributed by atoms with Crippen LogP contribution in [-0.2, 0) is 4.79 Å². The number of hydrogen-bond acceptors (Lipinski definition) is 5. The average molecular weight is 338 g/mol. The van der Waals surface area contributed by atoms with E-state index in [-0.39, 0.29) is 5.57 Å². The molecule has 0 aliphatic rings. The molecule has 1 amide bonds. The molecule has 0 saturated heterocycles. The Balaban J connectivity index is 2.08. The van der Waals surface area contributed by atoms with Crippen molar-refractivity contribution in [3.63, 3.8) is 0 Å². The summed E-state index contributed by atoms with van der Waals surface area (Å²) in [5.74, 6) is -0.584. The lowest BCUT2D eigenvalue weighted by Crippen LogP contribution is -2.14. The summed E-state index contributed by atoms with van der Waals surface area (Å²) in [6.45, 7) is 0. The lowest BCUT2D eigenvalue weighted by Gasteiger charge is -2.06. The number of benzene rings is 2. The Morgan fingerprint density at radius 3 is 2.38 bits per heavy atom. The Kier molecular flexibility index (Phi) is 5.40. The van der Waals surface area contributed by atoms with Crippen molar-refractivity contribution in [1.29, 1.82) is 10.5 Å². The Morgan fingerprint density at radius 2 is 1.79 bits per heavy atom. The molecule has 2 aromatic rings. The van der Waals surface area contributed by atoms with Gasteiger partial charge in [-0.05, 0) is 42.5 Å². The number of nitrogens with one attached hydrogen (secondary N) is 2. The topological polar surface area (TPSA) is 115 Å². The van der Waals surface area contributed by atoms with Gasteiger partial charge in [0.25, 0.3) is 5.91 Å². The quantitative estimate of drug-likeness (QED) is 0.450. The first-order valence-electron chi connectivity index (χ1n) is 6.77. The van der Waals surface area contributed by atoms with Gasteiger partial charge in [-0.2, -0.15) is 10.5 Å². The maximum Gasteiger partial charge on any atom is 0.267 e. The first kappa shape index (κ1) is 16.9. The second-order valence-corrected chi connectivity index (χ2v) is 5.10. The standard InChI is InChI=1S/C17H12ClN5O/c18-15-7-14(5-6-16(15)21)23-17(24)12(9-20)10-22-13-3-1-11(8-19)2-4-13/h1-7,10,22H,21H2,(H,23,24)/b12-10-. The highest BCUT2D eigenvalue weighted by molar-refractivity contribution is 6.33. The summed E-state index contributed by atoms with van der Waals surface area (Å²) in [4.78, 5) is 12.1. The van der Waals surface area contributed by atoms with Crippen molar-refractivity contribution in [1.82, 2.24) is 0 Å². The van der Waals surface area contributed by atoms with E-state index in [1.807, 2.05) is 12.1 Å². The van der Waals surface area contributed by atoms with Gasteiger partial charge < -0.3 is 16.4 Å². The van der Waals surface area contributed by atoms with Crippen LogP contribution < -0.4 is 16.4 Å². The molecule has 7 heteroatoms. The Hall–Kier alpha value is -3.48. The van der Waals surface area contributed by atoms with Crippen LogP contribution in [0.1, 0.15) is 5.56 Å². The van der Waals surface area contributed by atoms with Crippen LogP contribution in [0.2, 0.25) is 5.02 Å². The minimum Gasteiger partial charge on any atom is -0.398 e. The molecule has 6 nitrogen and oxygen atoms in total. The number of anilines is 3. The van der Waals surface area contributed by atoms with Crippen LogP contribution in [0.4, 0.5) is 17.1 Å². The molecule has 0 aliphatic heterocycles. The van der Waals surface area contributed by atoms with Crippen LogP contribution in [-0.4, -0.2) is 5.91 Å². The van der Waals surface area contributed by atoms with Crippen LogP contribution in [0.25, 0.3) is 0 Å². The minimum absolute atomic E-state index is 0.118. The van der Waals surface area contributed by atoms with E-state index < -0.39 is 5.91 Å². The van der Waals surface area contributed by atoms with Crippen molar-refractivity contribution in [2.75, 3.05) is 16.4 Å². The lowest BCUT2D eigenvalue weighted by atomic mass is 10.2. The molecule has 0 atom stereocenters. The first-order chi connectivity index (χ1) is 11.5. The third kappa shape index (κ3) is 4.26. The van der Waals surface area contributed by atoms with Crippen LogP contribution in [0, 0.1) is 22.7 Å². The fourth-order valence-electron chi connectivity index (χ4n) is 1.75. The molecule has 2 rings (SSSR count). The van der Waals surface area contributed by atoms with E-state index >= 15 is 0 Å². The molecule has 0 bridgehead atoms. The fraction of sp³-hybridized carbons (Fsp3) is 0. The number of rotatable bonds is 4. The summed E-state index contributed by atoms with van der Waals surface area (Å²) in [5, 5.41) is 23.6. The zero-order valence-corrected chi connectivity index (χ0v) is 13.1. The Morgan fingerprint density at radius 1 is 1.12 bits per heavy atom. The van der Waals surface area contributed by atoms with Crippen molar-refractivity contribution >= 4 is 34.6 Å². The van der Waals surface area contributed by atoms with Crippen LogP contribution in [0.3, 0.4) is 0 Å². The number of amides is 1. The molecule has 0 spiro atoms. The van der Waals surface area contributed by atoms with Crippen molar-refractivity contribution < 1.29 is 4.79 Å². The molecule has 118 valence electrons. The maximum atomic E-state index is 12.1. The molecule has 0 aliphatic carbocycles. The van der Waals surface area contributed by atoms with Crippen molar-refractivity contribution in [2.45, 2.75) is 0 Å². The number of halogens is 1. The molecular weight excluding hydrogens is 326 g/mol. The number of carbonyl (C=O) groups excluding carboxylic acids is 1. The van der Waals surface area contributed by atoms with Gasteiger partial charge in [-0.3, -0.25) is 4.79 Å². The third-order valence-electron chi connectivity index (χ3n) is 3.02. The summed E-state index contributed by atoms with van der Waals surface area (Å²) in [6, 6.07) is 15.0. The molecule has 0 fully saturated rings. The molecule has 0 saturated carbocycles. The van der Waals surface area contributed by atoms with Gasteiger partial charge >= 0.3 is 0 Å². The van der Waals surface area contributed by atoms with Crippen LogP contribution in [0.15, 0.2) is 54.2 Å². The second kappa shape index (κ2) is 7.68. The second-order valence-electron chi connectivity index (χ2n) is 4.69. The molecule has 2 aromatic carbocycles. The van der Waals surface area contributed by atoms with Gasteiger partial charge in [0.05, 0.1) is 22.3 Å². The largest absolute Gasteiger partial charge is 0.398 e. The number of nitrogens with zero attached hydrogens (tertiary/aromatic N) is 2. The number of nitriles is 2. The highest BCUT2D eigenvalue weighted by Crippen LogP contribution is 2.22. The summed E-state index contributed by atoms with van der Waals surface area (Å²) < 4.78 is 0. The fourth-order valence-corrected chi connectivity index (χ4v) is 1.93. The van der Waals surface area contributed by atoms with Gasteiger partial charge in [-0.25, -0.2) is 0 Å². The molecule has 0 radical (unpaired) electrons. The van der Waals surface area contributed by atoms with Gasteiger partial charge in [0.15, 0.2) is 0 Å². The van der Waals surface area contributed by atoms with Gasteiger partial charge in [0.1, 0.15) is 11.6 Å². The molecule has 0 unspecified atom stereocenters. The molecule has 0 heterocycles. The molecule has 24 heavy (non-hydrogen) atoms. The summed E-state index contributed by atoms with van der Waals surface area (Å²) in [5.41, 5.74) is 7.47. The lowest BCUT2D eigenvalue weighted by molar-refractivity contribution is -0.112. The van der Waals surface area contributed by atoms with Crippen LogP contribution in [0.5, 0.6) is 0 Å². The van der Waals surface area contributed by atoms with Crippen molar-refractivity contribution in [3.05, 3.63) is 64.8 Å². The molecular formula is C17H12ClN5O. The normalized spacial score (nSPS) is 10.4. The van der Waals surface area contributed by atoms with E-state index in [2.05, 4.69) is 10.6 Å². The average Bonchev–Trinajstić information content (AvgIpc) is 2.59. The maximum absolute atomic E-state index is 12.1. The van der Waals surface area contributed by atoms with E-state index in [1.165, 1.54) is 12.3 Å². The van der Waals surface area contributed by atoms with Gasteiger partial charge in [0, 0.05) is 17.6 Å². The number of nitrogen functional groups attached to an aromatic ring is 1. The first-order valence-corrected chi connectivity index (χ1v) is 7.14. The van der Waals surface area contributed by atoms with E-state index in [0.717, 1.165) is 0 Å². The Labute approximate surface area is 143 Å². The van der Waals surface area contributed by atoms with E-state index in [0.29, 0.717) is 27.6 Å². The van der Waals surface area contributed by atoms with Gasteiger partial charge in [0.2, 0.25) is 0 Å². The summed E-state index contributed by atoms with van der Waals surface area (Å²) in [7, 11) is 0. The zero-order chi connectivity index (χ0) is 17.5. The van der Waals surface area contributed by atoms with Crippen LogP contribution >= 0.6 is 11.6 Å². The third-order valence-corrected chi connectivity index (χ3v) is 3.35. The van der Waals surface area contributed by atoms with Gasteiger partial charge in [-0.15, -0.1) is 0 Å². The highest BCUT2D eigenvalue weighted by atomic mass is 35.5. The van der Waals surface area contributed by atoms with E-state index in [9.17, 15) is 4.79 Å². The van der Waals surface area contributed by atoms with Crippen molar-refractivity contribution in [2.24, 2.45) is 0 Å². The molecule has 4 N–H and O–H groups in total.